The number of nitrogens with one attached hydrogen (secondary N) is 1. The molecule has 21 heavy (non-hydrogen) atoms. The van der Waals surface area contributed by atoms with Gasteiger partial charge in [0.15, 0.2) is 0 Å². The van der Waals surface area contributed by atoms with Gasteiger partial charge >= 0.3 is 0 Å². The summed E-state index contributed by atoms with van der Waals surface area (Å²) in [7, 11) is 0. The van der Waals surface area contributed by atoms with Crippen LogP contribution in [0.5, 0.6) is 0 Å². The molecule has 0 aliphatic heterocycles. The van der Waals surface area contributed by atoms with Gasteiger partial charge in [0.1, 0.15) is 12.2 Å². The van der Waals surface area contributed by atoms with Crippen LogP contribution in [0.4, 0.5) is 0 Å². The van der Waals surface area contributed by atoms with Crippen LogP contribution in [-0.2, 0) is 14.4 Å². The highest BCUT2D eigenvalue weighted by Crippen LogP contribution is 2.04. The Kier molecular flexibility index (Phi) is 9.92. The molecule has 0 aliphatic carbocycles. The molecule has 0 unspecified atom stereocenters. The Morgan fingerprint density at radius 3 is 2.43 bits per heavy atom. The first-order chi connectivity index (χ1) is 9.86. The van der Waals surface area contributed by atoms with Crippen molar-refractivity contribution in [1.29, 1.82) is 0 Å². The maximum atomic E-state index is 11.6. The Labute approximate surface area is 124 Å². The summed E-state index contributed by atoms with van der Waals surface area (Å²) in [5, 5.41) is 2.27. The third-order valence-electron chi connectivity index (χ3n) is 2.83. The molecule has 118 valence electrons. The van der Waals surface area contributed by atoms with E-state index in [1.807, 2.05) is 13.8 Å². The average Bonchev–Trinajstić information content (AvgIpc) is 2.40. The molecule has 0 aromatic heterocycles. The largest absolute Gasteiger partial charge is 0.362 e. The summed E-state index contributed by atoms with van der Waals surface area (Å²) in [5.41, 5.74) is 13.8. The molecule has 0 aromatic rings. The summed E-state index contributed by atoms with van der Waals surface area (Å²) in [4.78, 5) is 37.1. The van der Waals surface area contributed by atoms with E-state index in [1.165, 1.54) is 0 Å². The van der Waals surface area contributed by atoms with Crippen molar-refractivity contribution < 1.29 is 19.2 Å². The molecule has 0 saturated heterocycles. The van der Waals surface area contributed by atoms with E-state index in [1.54, 1.807) is 0 Å². The van der Waals surface area contributed by atoms with Crippen molar-refractivity contribution in [3.8, 4) is 0 Å². The van der Waals surface area contributed by atoms with Crippen LogP contribution in [-0.4, -0.2) is 34.6 Å². The van der Waals surface area contributed by atoms with Crippen molar-refractivity contribution in [2.75, 3.05) is 0 Å². The van der Waals surface area contributed by atoms with Crippen molar-refractivity contribution >= 4 is 23.8 Å². The van der Waals surface area contributed by atoms with Crippen LogP contribution in [0.1, 0.15) is 52.4 Å². The molecular weight excluding hydrogens is 272 g/mol. The smallest absolute Gasteiger partial charge is 0.264 e. The first-order valence-electron chi connectivity index (χ1n) is 7.13. The molecule has 1 atom stereocenters. The summed E-state index contributed by atoms with van der Waals surface area (Å²) < 4.78 is 0. The first-order valence-corrected chi connectivity index (χ1v) is 7.13. The Bertz CT molecular complexity index is 414. The van der Waals surface area contributed by atoms with E-state index >= 15 is 0 Å². The maximum absolute atomic E-state index is 11.6. The zero-order valence-electron chi connectivity index (χ0n) is 12.7. The van der Waals surface area contributed by atoms with Gasteiger partial charge in [-0.2, -0.15) is 4.79 Å². The van der Waals surface area contributed by atoms with Gasteiger partial charge in [-0.1, -0.05) is 13.8 Å². The molecule has 0 spiro atoms. The third-order valence-corrected chi connectivity index (χ3v) is 2.83. The topological polar surface area (TPSA) is 126 Å². The second kappa shape index (κ2) is 10.9. The quantitative estimate of drug-likeness (QED) is 0.268. The number of ketones is 1. The number of rotatable bonds is 10. The van der Waals surface area contributed by atoms with E-state index in [0.29, 0.717) is 25.7 Å². The number of hydrogen-bond donors (Lipinski definition) is 2. The predicted molar refractivity (Wildman–Crippen MR) is 78.4 cm³/mol. The lowest BCUT2D eigenvalue weighted by Crippen LogP contribution is -2.44. The average molecular weight is 296 g/mol. The normalized spacial score (nSPS) is 11.6. The molecule has 7 heteroatoms. The van der Waals surface area contributed by atoms with E-state index in [-0.39, 0.29) is 30.4 Å². The minimum Gasteiger partial charge on any atom is -0.362 e. The lowest BCUT2D eigenvalue weighted by Gasteiger charge is -2.13. The highest BCUT2D eigenvalue weighted by molar-refractivity contribution is 5.97. The van der Waals surface area contributed by atoms with Gasteiger partial charge in [-0.15, -0.1) is 0 Å². The van der Waals surface area contributed by atoms with E-state index in [9.17, 15) is 14.4 Å². The van der Waals surface area contributed by atoms with Gasteiger partial charge < -0.3 is 11.3 Å². The number of Topliss-reactive ketones (excluding diaryl/α,β-unsaturated/α-hetero) is 1. The Morgan fingerprint density at radius 2 is 1.86 bits per heavy atom. The first kappa shape index (κ1) is 19.1. The minimum atomic E-state index is -0.673. The number of amides is 2. The number of nitrogens with zero attached hydrogens (tertiary/aromatic N) is 2. The molecule has 0 radical (unpaired) electrons. The number of hydrogen-bond acceptors (Lipinski definition) is 4. The Balaban J connectivity index is 3.82. The summed E-state index contributed by atoms with van der Waals surface area (Å²) in [6.45, 7) is 3.90. The van der Waals surface area contributed by atoms with Gasteiger partial charge in [0.25, 0.3) is 6.21 Å². The molecule has 0 aliphatic rings. The number of unbranched alkanes of at least 4 members (excludes halogenated alkanes) is 1. The van der Waals surface area contributed by atoms with Gasteiger partial charge in [-0.3, -0.25) is 19.7 Å². The maximum Gasteiger partial charge on any atom is 0.264 e. The van der Waals surface area contributed by atoms with Crippen molar-refractivity contribution in [2.24, 2.45) is 11.7 Å². The fraction of sp³-hybridized carbons (Fsp3) is 0.714. The second-order valence-electron chi connectivity index (χ2n) is 5.40. The molecule has 0 aromatic carbocycles. The molecule has 0 heterocycles. The fourth-order valence-corrected chi connectivity index (χ4v) is 1.76. The molecule has 3 N–H and O–H groups in total. The predicted octanol–water partition coefficient (Wildman–Crippen LogP) is 0.823. The van der Waals surface area contributed by atoms with Crippen molar-refractivity contribution in [3.63, 3.8) is 0 Å². The monoisotopic (exact) mass is 296 g/mol. The van der Waals surface area contributed by atoms with Crippen LogP contribution < -0.4 is 11.1 Å². The zero-order chi connectivity index (χ0) is 16.3. The van der Waals surface area contributed by atoms with Crippen molar-refractivity contribution in [1.82, 2.24) is 5.32 Å². The van der Waals surface area contributed by atoms with Gasteiger partial charge in [0, 0.05) is 12.8 Å². The third kappa shape index (κ3) is 10.6. The highest BCUT2D eigenvalue weighted by atomic mass is 16.2. The molecule has 7 nitrogen and oxygen atoms in total. The summed E-state index contributed by atoms with van der Waals surface area (Å²) >= 11 is 0. The van der Waals surface area contributed by atoms with Crippen LogP contribution in [0.2, 0.25) is 0 Å². The van der Waals surface area contributed by atoms with Crippen LogP contribution in [0.25, 0.3) is 5.53 Å². The van der Waals surface area contributed by atoms with E-state index < -0.39 is 11.9 Å². The lowest BCUT2D eigenvalue weighted by atomic mass is 10.0. The molecule has 0 bridgehead atoms. The van der Waals surface area contributed by atoms with Gasteiger partial charge in [0.2, 0.25) is 11.8 Å². The van der Waals surface area contributed by atoms with Crippen LogP contribution >= 0.6 is 0 Å². The highest BCUT2D eigenvalue weighted by Gasteiger charge is 2.17. The van der Waals surface area contributed by atoms with E-state index in [4.69, 9.17) is 11.3 Å². The van der Waals surface area contributed by atoms with Crippen LogP contribution in [0.3, 0.4) is 0 Å². The lowest BCUT2D eigenvalue weighted by molar-refractivity contribution is -0.131. The van der Waals surface area contributed by atoms with Crippen molar-refractivity contribution in [2.45, 2.75) is 58.4 Å². The van der Waals surface area contributed by atoms with Crippen LogP contribution in [0.15, 0.2) is 0 Å². The van der Waals surface area contributed by atoms with Crippen molar-refractivity contribution in [3.05, 3.63) is 5.53 Å². The van der Waals surface area contributed by atoms with E-state index in [0.717, 1.165) is 6.21 Å². The van der Waals surface area contributed by atoms with Gasteiger partial charge in [-0.25, -0.2) is 0 Å². The molecule has 2 amide bonds. The summed E-state index contributed by atoms with van der Waals surface area (Å²) in [6, 6.07) is -0.673. The number of imide groups is 1. The summed E-state index contributed by atoms with van der Waals surface area (Å²) in [6.07, 6.45) is 3.31. The van der Waals surface area contributed by atoms with Gasteiger partial charge in [-0.05, 0) is 25.2 Å². The number of nitrogens with two attached hydrogens (primary N) is 1. The summed E-state index contributed by atoms with van der Waals surface area (Å²) in [5.74, 6) is -0.593. The van der Waals surface area contributed by atoms with Gasteiger partial charge in [0.05, 0.1) is 6.04 Å². The fourth-order valence-electron chi connectivity index (χ4n) is 1.76. The molecular formula is C14H24N4O3. The Morgan fingerprint density at radius 1 is 1.24 bits per heavy atom. The SMILES string of the molecule is CC(C)C[C@H](N)C(=O)NC(=O)CCCCC(=O)CC=[N+]=[N-]. The molecule has 0 rings (SSSR count). The Hall–Kier alpha value is -1.85. The second-order valence-corrected chi connectivity index (χ2v) is 5.40. The number of carbonyl (C=O) groups excluding carboxylic acids is 3. The molecule has 0 fully saturated rings. The van der Waals surface area contributed by atoms with Crippen LogP contribution in [0, 0.1) is 5.92 Å². The van der Waals surface area contributed by atoms with E-state index in [2.05, 4.69) is 10.1 Å². The standard InChI is InChI=1S/C14H24N4O3/c1-10(2)9-12(15)14(21)18-13(20)6-4-3-5-11(19)7-8-17-16/h8,10,12H,3-7,9,15H2,1-2H3,(H,18,20,21)/t12-/m0/s1. The zero-order valence-corrected chi connectivity index (χ0v) is 12.7. The number of carbonyl (C=O) groups is 3. The molecule has 0 saturated carbocycles. The minimum absolute atomic E-state index is 0.0526.